The molecule has 0 radical (unpaired) electrons. The predicted molar refractivity (Wildman–Crippen MR) is 72.8 cm³/mol. The maximum Gasteiger partial charge on any atom is 0.433 e. The molecule has 0 spiro atoms. The summed E-state index contributed by atoms with van der Waals surface area (Å²) in [6.07, 6.45) is -1.34. The van der Waals surface area contributed by atoms with Crippen molar-refractivity contribution >= 4 is 5.82 Å². The lowest BCUT2D eigenvalue weighted by atomic mass is 10.2. The van der Waals surface area contributed by atoms with Gasteiger partial charge in [-0.05, 0) is 37.9 Å². The largest absolute Gasteiger partial charge is 0.433 e. The number of rotatable bonds is 5. The monoisotopic (exact) mass is 287 g/mol. The molecule has 0 amide bonds. The Morgan fingerprint density at radius 2 is 2.20 bits per heavy atom. The van der Waals surface area contributed by atoms with Crippen molar-refractivity contribution in [2.75, 3.05) is 24.5 Å². The van der Waals surface area contributed by atoms with Crippen LogP contribution in [0.4, 0.5) is 19.0 Å². The zero-order chi connectivity index (χ0) is 14.6. The van der Waals surface area contributed by atoms with Crippen LogP contribution in [0, 0.1) is 0 Å². The topological polar surface area (TPSA) is 28.2 Å². The molecule has 1 atom stereocenters. The number of halogens is 3. The van der Waals surface area contributed by atoms with Crippen LogP contribution in [-0.4, -0.2) is 30.7 Å². The van der Waals surface area contributed by atoms with Crippen molar-refractivity contribution in [3.05, 3.63) is 23.9 Å². The fourth-order valence-electron chi connectivity index (χ4n) is 2.54. The molecule has 1 aromatic rings. The molecule has 112 valence electrons. The van der Waals surface area contributed by atoms with Gasteiger partial charge in [-0.25, -0.2) is 4.98 Å². The van der Waals surface area contributed by atoms with Crippen LogP contribution < -0.4 is 10.2 Å². The van der Waals surface area contributed by atoms with Crippen LogP contribution in [0.1, 0.15) is 31.9 Å². The van der Waals surface area contributed by atoms with Gasteiger partial charge in [0.25, 0.3) is 0 Å². The minimum Gasteiger partial charge on any atom is -0.352 e. The number of pyridine rings is 1. The molecular weight excluding hydrogens is 267 g/mol. The van der Waals surface area contributed by atoms with E-state index >= 15 is 0 Å². The minimum atomic E-state index is -4.38. The number of nitrogens with one attached hydrogen (secondary N) is 1. The van der Waals surface area contributed by atoms with Gasteiger partial charge in [0.2, 0.25) is 0 Å². The van der Waals surface area contributed by atoms with E-state index in [-0.39, 0.29) is 6.04 Å². The molecule has 20 heavy (non-hydrogen) atoms. The highest BCUT2D eigenvalue weighted by Gasteiger charge is 2.34. The highest BCUT2D eigenvalue weighted by atomic mass is 19.4. The molecule has 3 nitrogen and oxygen atoms in total. The van der Waals surface area contributed by atoms with E-state index in [0.717, 1.165) is 45.0 Å². The van der Waals surface area contributed by atoms with Crippen molar-refractivity contribution in [2.45, 2.75) is 38.4 Å². The maximum atomic E-state index is 12.7. The molecule has 1 N–H and O–H groups in total. The second-order valence-electron chi connectivity index (χ2n) is 5.07. The normalized spacial score (nSPS) is 19.6. The zero-order valence-electron chi connectivity index (χ0n) is 11.6. The number of alkyl halides is 3. The third-order valence-electron chi connectivity index (χ3n) is 3.50. The molecule has 0 bridgehead atoms. The average Bonchev–Trinajstić information content (AvgIpc) is 2.87. The molecule has 0 aromatic carbocycles. The van der Waals surface area contributed by atoms with Crippen LogP contribution in [0.15, 0.2) is 18.2 Å². The number of anilines is 1. The molecule has 1 aromatic heterocycles. The summed E-state index contributed by atoms with van der Waals surface area (Å²) in [5, 5.41) is 3.33. The maximum absolute atomic E-state index is 12.7. The van der Waals surface area contributed by atoms with E-state index in [1.165, 1.54) is 6.07 Å². The fourth-order valence-corrected chi connectivity index (χ4v) is 2.54. The molecule has 1 aliphatic rings. The van der Waals surface area contributed by atoms with E-state index in [9.17, 15) is 13.2 Å². The van der Waals surface area contributed by atoms with Crippen LogP contribution in [0.25, 0.3) is 0 Å². The van der Waals surface area contributed by atoms with Gasteiger partial charge in [-0.3, -0.25) is 0 Å². The molecule has 1 unspecified atom stereocenters. The van der Waals surface area contributed by atoms with E-state index in [2.05, 4.69) is 17.2 Å². The van der Waals surface area contributed by atoms with Gasteiger partial charge in [0.05, 0.1) is 0 Å². The standard InChI is InChI=1S/C14H20F3N3/c1-2-8-18-10-11-5-4-9-20(11)13-7-3-6-12(19-13)14(15,16)17/h3,6-7,11,18H,2,4-5,8-10H2,1H3. The lowest BCUT2D eigenvalue weighted by molar-refractivity contribution is -0.141. The molecule has 1 aliphatic heterocycles. The number of hydrogen-bond donors (Lipinski definition) is 1. The first-order valence-electron chi connectivity index (χ1n) is 7.04. The van der Waals surface area contributed by atoms with Gasteiger partial charge in [0.15, 0.2) is 0 Å². The van der Waals surface area contributed by atoms with Crippen molar-refractivity contribution in [1.29, 1.82) is 0 Å². The second kappa shape index (κ2) is 6.43. The molecule has 0 saturated carbocycles. The Bertz CT molecular complexity index is 434. The highest BCUT2D eigenvalue weighted by Crippen LogP contribution is 2.30. The zero-order valence-corrected chi connectivity index (χ0v) is 11.6. The van der Waals surface area contributed by atoms with Crippen molar-refractivity contribution in [3.63, 3.8) is 0 Å². The predicted octanol–water partition coefficient (Wildman–Crippen LogP) is 3.07. The van der Waals surface area contributed by atoms with Gasteiger partial charge < -0.3 is 10.2 Å². The summed E-state index contributed by atoms with van der Waals surface area (Å²) >= 11 is 0. The molecule has 2 heterocycles. The summed E-state index contributed by atoms with van der Waals surface area (Å²) in [5.41, 5.74) is -0.817. The second-order valence-corrected chi connectivity index (χ2v) is 5.07. The van der Waals surface area contributed by atoms with Crippen LogP contribution in [0.5, 0.6) is 0 Å². The van der Waals surface area contributed by atoms with Gasteiger partial charge in [-0.1, -0.05) is 13.0 Å². The van der Waals surface area contributed by atoms with E-state index in [0.29, 0.717) is 5.82 Å². The highest BCUT2D eigenvalue weighted by molar-refractivity contribution is 5.42. The van der Waals surface area contributed by atoms with Crippen LogP contribution in [-0.2, 0) is 6.18 Å². The summed E-state index contributed by atoms with van der Waals surface area (Å²) < 4.78 is 38.1. The number of hydrogen-bond acceptors (Lipinski definition) is 3. The minimum absolute atomic E-state index is 0.234. The van der Waals surface area contributed by atoms with Crippen LogP contribution in [0.2, 0.25) is 0 Å². The fraction of sp³-hybridized carbons (Fsp3) is 0.643. The lowest BCUT2D eigenvalue weighted by Gasteiger charge is -2.26. The van der Waals surface area contributed by atoms with E-state index in [4.69, 9.17) is 0 Å². The Labute approximate surface area is 117 Å². The molecule has 1 fully saturated rings. The molecule has 1 saturated heterocycles. The Balaban J connectivity index is 2.09. The van der Waals surface area contributed by atoms with Crippen molar-refractivity contribution < 1.29 is 13.2 Å². The molecule has 2 rings (SSSR count). The molecule has 0 aliphatic carbocycles. The average molecular weight is 287 g/mol. The first-order valence-corrected chi connectivity index (χ1v) is 7.04. The Morgan fingerprint density at radius 1 is 1.40 bits per heavy atom. The first kappa shape index (κ1) is 15.1. The van der Waals surface area contributed by atoms with Gasteiger partial charge in [0, 0.05) is 19.1 Å². The van der Waals surface area contributed by atoms with Crippen molar-refractivity contribution in [3.8, 4) is 0 Å². The van der Waals surface area contributed by atoms with Gasteiger partial charge in [-0.2, -0.15) is 13.2 Å². The summed E-state index contributed by atoms with van der Waals surface area (Å²) in [4.78, 5) is 5.76. The van der Waals surface area contributed by atoms with Gasteiger partial charge in [-0.15, -0.1) is 0 Å². The smallest absolute Gasteiger partial charge is 0.352 e. The van der Waals surface area contributed by atoms with Crippen LogP contribution in [0.3, 0.4) is 0 Å². The third kappa shape index (κ3) is 3.62. The molecule has 6 heteroatoms. The lowest BCUT2D eigenvalue weighted by Crippen LogP contribution is -2.38. The van der Waals surface area contributed by atoms with Crippen molar-refractivity contribution in [2.24, 2.45) is 0 Å². The summed E-state index contributed by atoms with van der Waals surface area (Å²) in [5.74, 6) is 0.431. The van der Waals surface area contributed by atoms with Crippen LogP contribution >= 0.6 is 0 Å². The van der Waals surface area contributed by atoms with Crippen molar-refractivity contribution in [1.82, 2.24) is 10.3 Å². The Morgan fingerprint density at radius 3 is 2.90 bits per heavy atom. The molecular formula is C14H20F3N3. The Hall–Kier alpha value is -1.30. The summed E-state index contributed by atoms with van der Waals surface area (Å²) in [6, 6.07) is 4.34. The number of aromatic nitrogens is 1. The van der Waals surface area contributed by atoms with E-state index in [1.54, 1.807) is 6.07 Å². The summed E-state index contributed by atoms with van der Waals surface area (Å²) in [7, 11) is 0. The van der Waals surface area contributed by atoms with Gasteiger partial charge in [0.1, 0.15) is 11.5 Å². The quantitative estimate of drug-likeness (QED) is 0.844. The van der Waals surface area contributed by atoms with E-state index in [1.807, 2.05) is 4.90 Å². The van der Waals surface area contributed by atoms with Gasteiger partial charge >= 0.3 is 6.18 Å². The van der Waals surface area contributed by atoms with E-state index < -0.39 is 11.9 Å². The SMILES string of the molecule is CCCNCC1CCCN1c1cccc(C(F)(F)F)n1. The Kier molecular flexibility index (Phi) is 4.86. The number of nitrogens with zero attached hydrogens (tertiary/aromatic N) is 2. The first-order chi connectivity index (χ1) is 9.52. The summed E-state index contributed by atoms with van der Waals surface area (Å²) in [6.45, 7) is 4.59. The third-order valence-corrected chi connectivity index (χ3v) is 3.50.